The summed E-state index contributed by atoms with van der Waals surface area (Å²) in [6.07, 6.45) is 2.05. The molecular formula is C36H33Cl2N5O5. The van der Waals surface area contributed by atoms with E-state index in [1.807, 2.05) is 49.3 Å². The number of benzene rings is 3. The van der Waals surface area contributed by atoms with Crippen LogP contribution in [-0.2, 0) is 19.2 Å². The molecule has 3 aromatic carbocycles. The Hall–Kier alpha value is -4.54. The third-order valence-electron chi connectivity index (χ3n) is 10.3. The van der Waals surface area contributed by atoms with Gasteiger partial charge in [-0.3, -0.25) is 29.0 Å². The molecule has 7 rings (SSSR count). The van der Waals surface area contributed by atoms with E-state index >= 15 is 0 Å². The molecule has 2 aliphatic heterocycles. The lowest BCUT2D eigenvalue weighted by molar-refractivity contribution is -0.138. The number of phenols is 1. The normalized spacial score (nSPS) is 29.7. The molecule has 6 unspecified atom stereocenters. The largest absolute Gasteiger partial charge is 0.508 e. The van der Waals surface area contributed by atoms with Crippen LogP contribution in [0.25, 0.3) is 0 Å². The molecule has 0 spiro atoms. The highest BCUT2D eigenvalue weighted by atomic mass is 35.5. The molecule has 2 saturated heterocycles. The summed E-state index contributed by atoms with van der Waals surface area (Å²) in [6, 6.07) is 19.2. The predicted octanol–water partition coefficient (Wildman–Crippen LogP) is 6.38. The van der Waals surface area contributed by atoms with Crippen molar-refractivity contribution in [1.29, 1.82) is 0 Å². The number of fused-ring (bicyclic) bond motifs is 4. The first-order chi connectivity index (χ1) is 22.8. The third-order valence-corrected chi connectivity index (χ3v) is 11.7. The van der Waals surface area contributed by atoms with Gasteiger partial charge in [-0.15, -0.1) is 23.2 Å². The smallest absolute Gasteiger partial charge is 0.253 e. The Kier molecular flexibility index (Phi) is 7.52. The summed E-state index contributed by atoms with van der Waals surface area (Å²) in [5.74, 6) is -4.94. The lowest BCUT2D eigenvalue weighted by Crippen LogP contribution is -2.60. The summed E-state index contributed by atoms with van der Waals surface area (Å²) in [7, 11) is 5.27. The number of hydrogen-bond donors (Lipinski definition) is 1. The lowest BCUT2D eigenvalue weighted by atomic mass is 9.56. The zero-order valence-electron chi connectivity index (χ0n) is 26.7. The average Bonchev–Trinajstić information content (AvgIpc) is 3.40. The third kappa shape index (κ3) is 4.53. The SMILES string of the molecule is Cc1cc(C2C3=CCC4C(=O)N(c5ccc(N=Nc6ccc(N(C)C)cc6)cc5)C(=O)C4C3CC3(Cl)C(=O)N(C)C(=O)C23Cl)ccc1O. The Bertz CT molecular complexity index is 1940. The Morgan fingerprint density at radius 3 is 2.08 bits per heavy atom. The van der Waals surface area contributed by atoms with Crippen LogP contribution < -0.4 is 9.80 Å². The van der Waals surface area contributed by atoms with Gasteiger partial charge in [0, 0.05) is 32.7 Å². The number of carbonyl (C=O) groups is 4. The van der Waals surface area contributed by atoms with E-state index in [0.717, 1.165) is 10.6 Å². The summed E-state index contributed by atoms with van der Waals surface area (Å²) in [5, 5.41) is 18.9. The van der Waals surface area contributed by atoms with Gasteiger partial charge in [0.15, 0.2) is 9.75 Å². The molecule has 2 aliphatic carbocycles. The number of nitrogens with zero attached hydrogens (tertiary/aromatic N) is 5. The minimum absolute atomic E-state index is 0.0638. The molecule has 1 N–H and O–H groups in total. The topological polar surface area (TPSA) is 123 Å². The first kappa shape index (κ1) is 32.0. The summed E-state index contributed by atoms with van der Waals surface area (Å²) in [5.41, 5.74) is 4.51. The van der Waals surface area contributed by atoms with Gasteiger partial charge in [-0.1, -0.05) is 23.8 Å². The average molecular weight is 687 g/mol. The van der Waals surface area contributed by atoms with Crippen molar-refractivity contribution in [2.75, 3.05) is 30.9 Å². The van der Waals surface area contributed by atoms with Crippen LogP contribution in [0.1, 0.15) is 29.9 Å². The van der Waals surface area contributed by atoms with Crippen LogP contribution in [0.3, 0.4) is 0 Å². The number of phenolic OH excluding ortho intramolecular Hbond substituents is 1. The molecule has 12 heteroatoms. The van der Waals surface area contributed by atoms with E-state index in [4.69, 9.17) is 23.2 Å². The second-order valence-electron chi connectivity index (χ2n) is 13.2. The molecular weight excluding hydrogens is 653 g/mol. The van der Waals surface area contributed by atoms with Crippen molar-refractivity contribution in [2.45, 2.75) is 35.4 Å². The van der Waals surface area contributed by atoms with Crippen LogP contribution in [0.5, 0.6) is 5.75 Å². The summed E-state index contributed by atoms with van der Waals surface area (Å²) >= 11 is 14.4. The van der Waals surface area contributed by atoms with Gasteiger partial charge in [-0.2, -0.15) is 10.2 Å². The number of alkyl halides is 2. The van der Waals surface area contributed by atoms with Gasteiger partial charge in [0.1, 0.15) is 5.75 Å². The maximum Gasteiger partial charge on any atom is 0.253 e. The number of aryl methyl sites for hydroxylation is 1. The molecule has 4 amide bonds. The van der Waals surface area contributed by atoms with Crippen LogP contribution in [0, 0.1) is 24.7 Å². The van der Waals surface area contributed by atoms with Crippen LogP contribution in [-0.4, -0.2) is 64.5 Å². The van der Waals surface area contributed by atoms with Crippen molar-refractivity contribution < 1.29 is 24.3 Å². The van der Waals surface area contributed by atoms with E-state index in [1.54, 1.807) is 43.3 Å². The number of carbonyl (C=O) groups excluding carboxylic acids is 4. The van der Waals surface area contributed by atoms with E-state index in [0.29, 0.717) is 33.8 Å². The molecule has 6 atom stereocenters. The van der Waals surface area contributed by atoms with Gasteiger partial charge in [-0.25, -0.2) is 0 Å². The van der Waals surface area contributed by atoms with Crippen molar-refractivity contribution in [2.24, 2.45) is 28.0 Å². The number of anilines is 2. The van der Waals surface area contributed by atoms with Crippen molar-refractivity contribution in [3.8, 4) is 5.75 Å². The molecule has 1 saturated carbocycles. The first-order valence-electron chi connectivity index (χ1n) is 15.6. The molecule has 48 heavy (non-hydrogen) atoms. The number of hydrogen-bond acceptors (Lipinski definition) is 8. The van der Waals surface area contributed by atoms with Crippen molar-refractivity contribution in [3.05, 3.63) is 89.5 Å². The van der Waals surface area contributed by atoms with E-state index < -0.39 is 51.1 Å². The number of aromatic hydroxyl groups is 1. The monoisotopic (exact) mass is 685 g/mol. The molecule has 2 heterocycles. The maximum atomic E-state index is 14.3. The second-order valence-corrected chi connectivity index (χ2v) is 14.4. The second kappa shape index (κ2) is 11.3. The van der Waals surface area contributed by atoms with Crippen LogP contribution >= 0.6 is 23.2 Å². The van der Waals surface area contributed by atoms with Gasteiger partial charge in [0.2, 0.25) is 11.8 Å². The number of halogens is 2. The Morgan fingerprint density at radius 2 is 1.48 bits per heavy atom. The van der Waals surface area contributed by atoms with Gasteiger partial charge >= 0.3 is 0 Å². The fourth-order valence-electron chi connectivity index (χ4n) is 7.83. The number of likely N-dealkylation sites (tertiary alicyclic amines) is 1. The number of amides is 4. The minimum atomic E-state index is -1.87. The summed E-state index contributed by atoms with van der Waals surface area (Å²) in [6.45, 7) is 1.72. The van der Waals surface area contributed by atoms with Gasteiger partial charge in [0.05, 0.1) is 28.9 Å². The number of azo groups is 1. The zero-order valence-corrected chi connectivity index (χ0v) is 28.2. The Morgan fingerprint density at radius 1 is 0.854 bits per heavy atom. The standard InChI is InChI=1S/C36H33Cl2N5O5/c1-19-17-20(5-16-28(19)44)30-25-14-15-26-29(27(25)18-35(37)33(47)42(4)34(48)36(30,35)38)32(46)43(31(26)45)24-12-8-22(9-13-24)40-39-21-6-10-23(11-7-21)41(2)3/h5-14,16-17,26-27,29-30,44H,15,18H2,1-4H3. The fourth-order valence-corrected chi connectivity index (χ4v) is 8.85. The lowest BCUT2D eigenvalue weighted by Gasteiger charge is -2.50. The van der Waals surface area contributed by atoms with E-state index in [1.165, 1.54) is 18.0 Å². The van der Waals surface area contributed by atoms with E-state index in [9.17, 15) is 24.3 Å². The van der Waals surface area contributed by atoms with Gasteiger partial charge < -0.3 is 10.0 Å². The highest BCUT2D eigenvalue weighted by molar-refractivity contribution is 6.53. The van der Waals surface area contributed by atoms with E-state index in [-0.39, 0.29) is 24.5 Å². The van der Waals surface area contributed by atoms with Gasteiger partial charge in [0.25, 0.3) is 11.8 Å². The maximum absolute atomic E-state index is 14.3. The molecule has 4 aliphatic rings. The van der Waals surface area contributed by atoms with Gasteiger partial charge in [-0.05, 0) is 91.4 Å². The molecule has 10 nitrogen and oxygen atoms in total. The molecule has 3 aromatic rings. The minimum Gasteiger partial charge on any atom is -0.508 e. The number of rotatable bonds is 5. The number of allylic oxidation sites excluding steroid dienone is 2. The highest BCUT2D eigenvalue weighted by Gasteiger charge is 2.75. The van der Waals surface area contributed by atoms with Crippen molar-refractivity contribution in [1.82, 2.24) is 4.90 Å². The highest BCUT2D eigenvalue weighted by Crippen LogP contribution is 2.65. The fraction of sp³-hybridized carbons (Fsp3) is 0.333. The Labute approximate surface area is 287 Å². The number of imide groups is 2. The zero-order chi connectivity index (χ0) is 34.3. The molecule has 0 radical (unpaired) electrons. The molecule has 0 bridgehead atoms. The molecule has 0 aromatic heterocycles. The molecule has 3 fully saturated rings. The summed E-state index contributed by atoms with van der Waals surface area (Å²) < 4.78 is 0. The van der Waals surface area contributed by atoms with Crippen LogP contribution in [0.15, 0.2) is 88.6 Å². The van der Waals surface area contributed by atoms with Crippen molar-refractivity contribution >= 4 is 69.6 Å². The Balaban J connectivity index is 1.21. The van der Waals surface area contributed by atoms with Crippen LogP contribution in [0.4, 0.5) is 22.7 Å². The molecule has 246 valence electrons. The van der Waals surface area contributed by atoms with E-state index in [2.05, 4.69) is 10.2 Å². The first-order valence-corrected chi connectivity index (χ1v) is 16.4. The summed E-state index contributed by atoms with van der Waals surface area (Å²) in [4.78, 5) is 55.9. The predicted molar refractivity (Wildman–Crippen MR) is 182 cm³/mol. The van der Waals surface area contributed by atoms with Crippen molar-refractivity contribution in [3.63, 3.8) is 0 Å². The quantitative estimate of drug-likeness (QED) is 0.144. The van der Waals surface area contributed by atoms with Crippen LogP contribution in [0.2, 0.25) is 0 Å².